The quantitative estimate of drug-likeness (QED) is 0.604. The SMILES string of the molecule is CC(=C(N)c1cccc(Cl)c1)[N+](=O)[O-]. The van der Waals surface area contributed by atoms with Crippen LogP contribution in [0.25, 0.3) is 5.70 Å². The Morgan fingerprint density at radius 3 is 2.71 bits per heavy atom. The van der Waals surface area contributed by atoms with Gasteiger partial charge in [0.05, 0.1) is 4.92 Å². The van der Waals surface area contributed by atoms with Gasteiger partial charge < -0.3 is 5.73 Å². The first-order chi connectivity index (χ1) is 6.52. The molecule has 0 unspecified atom stereocenters. The van der Waals surface area contributed by atoms with Crippen molar-refractivity contribution in [3.63, 3.8) is 0 Å². The highest BCUT2D eigenvalue weighted by Gasteiger charge is 2.11. The van der Waals surface area contributed by atoms with Crippen LogP contribution in [0.1, 0.15) is 12.5 Å². The van der Waals surface area contributed by atoms with Crippen molar-refractivity contribution in [3.05, 3.63) is 50.7 Å². The van der Waals surface area contributed by atoms with E-state index in [0.717, 1.165) is 0 Å². The maximum absolute atomic E-state index is 10.4. The fraction of sp³-hybridized carbons (Fsp3) is 0.111. The molecule has 0 aliphatic heterocycles. The zero-order valence-corrected chi connectivity index (χ0v) is 8.28. The molecule has 0 heterocycles. The molecule has 2 N–H and O–H groups in total. The number of nitrogens with zero attached hydrogens (tertiary/aromatic N) is 1. The molecule has 0 atom stereocenters. The Kier molecular flexibility index (Phi) is 3.09. The van der Waals surface area contributed by atoms with E-state index < -0.39 is 4.92 Å². The molecule has 0 spiro atoms. The fourth-order valence-corrected chi connectivity index (χ4v) is 1.15. The average molecular weight is 213 g/mol. The summed E-state index contributed by atoms with van der Waals surface area (Å²) in [5, 5.41) is 10.9. The summed E-state index contributed by atoms with van der Waals surface area (Å²) in [6.45, 7) is 1.36. The lowest BCUT2D eigenvalue weighted by atomic mass is 10.1. The third-order valence-corrected chi connectivity index (χ3v) is 2.03. The molecule has 0 aromatic heterocycles. The molecule has 5 heteroatoms. The van der Waals surface area contributed by atoms with E-state index in [9.17, 15) is 10.1 Å². The summed E-state index contributed by atoms with van der Waals surface area (Å²) in [6.07, 6.45) is 0. The lowest BCUT2D eigenvalue weighted by Crippen LogP contribution is -2.06. The summed E-state index contributed by atoms with van der Waals surface area (Å²) in [5.74, 6) is 0. The first-order valence-corrected chi connectivity index (χ1v) is 4.27. The summed E-state index contributed by atoms with van der Waals surface area (Å²) < 4.78 is 0. The molecule has 1 rings (SSSR count). The molecule has 0 aliphatic rings. The molecule has 0 fully saturated rings. The molecular formula is C9H9ClN2O2. The summed E-state index contributed by atoms with van der Waals surface area (Å²) in [4.78, 5) is 9.92. The van der Waals surface area contributed by atoms with Crippen LogP contribution in [0.2, 0.25) is 5.02 Å². The highest BCUT2D eigenvalue weighted by molar-refractivity contribution is 6.30. The van der Waals surface area contributed by atoms with Crippen molar-refractivity contribution < 1.29 is 4.92 Å². The molecule has 0 radical (unpaired) electrons. The van der Waals surface area contributed by atoms with Gasteiger partial charge in [-0.05, 0) is 12.1 Å². The van der Waals surface area contributed by atoms with E-state index in [-0.39, 0.29) is 11.4 Å². The van der Waals surface area contributed by atoms with E-state index in [1.807, 2.05) is 0 Å². The second kappa shape index (κ2) is 4.11. The highest BCUT2D eigenvalue weighted by Crippen LogP contribution is 2.17. The minimum absolute atomic E-state index is 0.0766. The first kappa shape index (κ1) is 10.5. The lowest BCUT2D eigenvalue weighted by molar-refractivity contribution is -0.423. The zero-order valence-electron chi connectivity index (χ0n) is 7.53. The number of halogens is 1. The summed E-state index contributed by atoms with van der Waals surface area (Å²) in [7, 11) is 0. The van der Waals surface area contributed by atoms with E-state index >= 15 is 0 Å². The maximum atomic E-state index is 10.4. The maximum Gasteiger partial charge on any atom is 0.266 e. The number of benzene rings is 1. The molecule has 4 nitrogen and oxygen atoms in total. The van der Waals surface area contributed by atoms with Crippen LogP contribution in [-0.4, -0.2) is 4.92 Å². The van der Waals surface area contributed by atoms with Crippen LogP contribution in [0, 0.1) is 10.1 Å². The zero-order chi connectivity index (χ0) is 10.7. The minimum Gasteiger partial charge on any atom is -0.393 e. The predicted octanol–water partition coefficient (Wildman–Crippen LogP) is 2.26. The number of hydrogen-bond donors (Lipinski definition) is 1. The van der Waals surface area contributed by atoms with E-state index in [1.165, 1.54) is 6.92 Å². The topological polar surface area (TPSA) is 69.2 Å². The van der Waals surface area contributed by atoms with E-state index in [1.54, 1.807) is 24.3 Å². The lowest BCUT2D eigenvalue weighted by Gasteiger charge is -2.01. The Bertz CT molecular complexity index is 402. The molecule has 0 aliphatic carbocycles. The Morgan fingerprint density at radius 2 is 2.21 bits per heavy atom. The predicted molar refractivity (Wildman–Crippen MR) is 55.2 cm³/mol. The van der Waals surface area contributed by atoms with Crippen molar-refractivity contribution >= 4 is 17.3 Å². The minimum atomic E-state index is -0.518. The summed E-state index contributed by atoms with van der Waals surface area (Å²) >= 11 is 5.73. The Hall–Kier alpha value is -1.55. The molecule has 1 aromatic rings. The van der Waals surface area contributed by atoms with Crippen molar-refractivity contribution in [1.82, 2.24) is 0 Å². The van der Waals surface area contributed by atoms with Crippen LogP contribution in [0.15, 0.2) is 30.0 Å². The average Bonchev–Trinajstić information content (AvgIpc) is 2.15. The Balaban J connectivity index is 3.18. The van der Waals surface area contributed by atoms with Crippen LogP contribution in [0.4, 0.5) is 0 Å². The monoisotopic (exact) mass is 212 g/mol. The van der Waals surface area contributed by atoms with Crippen LogP contribution < -0.4 is 5.73 Å². The highest BCUT2D eigenvalue weighted by atomic mass is 35.5. The number of nitro groups is 1. The standard InChI is InChI=1S/C9H9ClN2O2/c1-6(12(13)14)9(11)7-3-2-4-8(10)5-7/h2-5H,11H2,1H3. The van der Waals surface area contributed by atoms with E-state index in [2.05, 4.69) is 0 Å². The second-order valence-electron chi connectivity index (χ2n) is 2.77. The second-order valence-corrected chi connectivity index (χ2v) is 3.20. The number of nitrogens with two attached hydrogens (primary N) is 1. The molecule has 14 heavy (non-hydrogen) atoms. The van der Waals surface area contributed by atoms with Gasteiger partial charge in [-0.1, -0.05) is 23.7 Å². The number of rotatable bonds is 2. The molecule has 74 valence electrons. The summed E-state index contributed by atoms with van der Waals surface area (Å²) in [6, 6.07) is 6.63. The van der Waals surface area contributed by atoms with Gasteiger partial charge in [-0.25, -0.2) is 0 Å². The first-order valence-electron chi connectivity index (χ1n) is 3.89. The molecule has 1 aromatic carbocycles. The van der Waals surface area contributed by atoms with Gasteiger partial charge in [-0.15, -0.1) is 0 Å². The van der Waals surface area contributed by atoms with Gasteiger partial charge in [0.15, 0.2) is 0 Å². The Labute approximate surface area is 86.1 Å². The van der Waals surface area contributed by atoms with Crippen LogP contribution in [-0.2, 0) is 0 Å². The molecule has 0 saturated carbocycles. The van der Waals surface area contributed by atoms with Gasteiger partial charge in [0.1, 0.15) is 5.70 Å². The van der Waals surface area contributed by atoms with E-state index in [4.69, 9.17) is 17.3 Å². The van der Waals surface area contributed by atoms with Gasteiger partial charge in [0.2, 0.25) is 0 Å². The van der Waals surface area contributed by atoms with Crippen molar-refractivity contribution in [2.24, 2.45) is 5.73 Å². The summed E-state index contributed by atoms with van der Waals surface area (Å²) in [5.41, 5.74) is 6.21. The molecule has 0 amide bonds. The molecular weight excluding hydrogens is 204 g/mol. The van der Waals surface area contributed by atoms with Crippen LogP contribution >= 0.6 is 11.6 Å². The Morgan fingerprint density at radius 1 is 1.57 bits per heavy atom. The van der Waals surface area contributed by atoms with Crippen LogP contribution in [0.5, 0.6) is 0 Å². The normalized spacial score (nSPS) is 12.1. The van der Waals surface area contributed by atoms with Gasteiger partial charge in [0.25, 0.3) is 5.70 Å². The van der Waals surface area contributed by atoms with E-state index in [0.29, 0.717) is 10.6 Å². The van der Waals surface area contributed by atoms with Crippen molar-refractivity contribution in [2.75, 3.05) is 0 Å². The van der Waals surface area contributed by atoms with Crippen LogP contribution in [0.3, 0.4) is 0 Å². The molecule has 0 saturated heterocycles. The van der Waals surface area contributed by atoms with Gasteiger partial charge in [-0.2, -0.15) is 0 Å². The third-order valence-electron chi connectivity index (χ3n) is 1.80. The van der Waals surface area contributed by atoms with Gasteiger partial charge in [0, 0.05) is 17.5 Å². The third kappa shape index (κ3) is 2.23. The van der Waals surface area contributed by atoms with Crippen molar-refractivity contribution in [2.45, 2.75) is 6.92 Å². The largest absolute Gasteiger partial charge is 0.393 e. The fourth-order valence-electron chi connectivity index (χ4n) is 0.963. The smallest absolute Gasteiger partial charge is 0.266 e. The number of hydrogen-bond acceptors (Lipinski definition) is 3. The number of allylic oxidation sites excluding steroid dienone is 1. The van der Waals surface area contributed by atoms with Crippen molar-refractivity contribution in [1.29, 1.82) is 0 Å². The van der Waals surface area contributed by atoms with Crippen molar-refractivity contribution in [3.8, 4) is 0 Å². The van der Waals surface area contributed by atoms with Gasteiger partial charge >= 0.3 is 0 Å². The van der Waals surface area contributed by atoms with Gasteiger partial charge in [-0.3, -0.25) is 10.1 Å². The molecule has 0 bridgehead atoms.